The van der Waals surface area contributed by atoms with E-state index in [1.54, 1.807) is 0 Å². The molecule has 2 rings (SSSR count). The van der Waals surface area contributed by atoms with Crippen LogP contribution in [0.1, 0.15) is 70.3 Å². The minimum Gasteiger partial charge on any atom is -0.367 e. The lowest BCUT2D eigenvalue weighted by Gasteiger charge is -2.29. The van der Waals surface area contributed by atoms with Gasteiger partial charge in [-0.05, 0) is 25.7 Å². The maximum absolute atomic E-state index is 4.66. The molecule has 0 spiro atoms. The zero-order valence-electron chi connectivity index (χ0n) is 12.7. The Morgan fingerprint density at radius 1 is 1.32 bits per heavy atom. The predicted octanol–water partition coefficient (Wildman–Crippen LogP) is 4.29. The van der Waals surface area contributed by atoms with Crippen LogP contribution >= 0.6 is 0 Å². The molecule has 1 fully saturated rings. The van der Waals surface area contributed by atoms with E-state index in [1.807, 2.05) is 0 Å². The van der Waals surface area contributed by atoms with Gasteiger partial charge in [-0.1, -0.05) is 40.0 Å². The third-order valence-electron chi connectivity index (χ3n) is 4.10. The molecule has 0 saturated heterocycles. The second-order valence-corrected chi connectivity index (χ2v) is 6.19. The number of hydrogen-bond acceptors (Lipinski definition) is 3. The average molecular weight is 261 g/mol. The molecule has 2 atom stereocenters. The van der Waals surface area contributed by atoms with Crippen LogP contribution < -0.4 is 5.32 Å². The summed E-state index contributed by atoms with van der Waals surface area (Å²) in [7, 11) is 0. The zero-order chi connectivity index (χ0) is 13.8. The highest BCUT2D eigenvalue weighted by Crippen LogP contribution is 2.28. The molecule has 1 aliphatic rings. The van der Waals surface area contributed by atoms with E-state index >= 15 is 0 Å². The maximum atomic E-state index is 4.66. The molecule has 1 aliphatic carbocycles. The van der Waals surface area contributed by atoms with Crippen molar-refractivity contribution < 1.29 is 0 Å². The van der Waals surface area contributed by atoms with Crippen molar-refractivity contribution in [2.24, 2.45) is 5.92 Å². The summed E-state index contributed by atoms with van der Waals surface area (Å²) < 4.78 is 0. The van der Waals surface area contributed by atoms with Gasteiger partial charge in [0.15, 0.2) is 0 Å². The van der Waals surface area contributed by atoms with Gasteiger partial charge in [0.05, 0.1) is 0 Å². The van der Waals surface area contributed by atoms with Crippen molar-refractivity contribution in [3.63, 3.8) is 0 Å². The normalized spacial score (nSPS) is 23.6. The molecule has 1 saturated carbocycles. The van der Waals surface area contributed by atoms with E-state index in [0.29, 0.717) is 12.0 Å². The van der Waals surface area contributed by atoms with Gasteiger partial charge in [-0.15, -0.1) is 0 Å². The molecule has 0 radical (unpaired) electrons. The van der Waals surface area contributed by atoms with Crippen LogP contribution in [0.5, 0.6) is 0 Å². The molecule has 0 aromatic carbocycles. The number of hydrogen-bond donors (Lipinski definition) is 1. The van der Waals surface area contributed by atoms with E-state index in [4.69, 9.17) is 0 Å². The smallest absolute Gasteiger partial charge is 0.133 e. The predicted molar refractivity (Wildman–Crippen MR) is 80.5 cm³/mol. The van der Waals surface area contributed by atoms with Gasteiger partial charge in [0.2, 0.25) is 0 Å². The first-order valence-electron chi connectivity index (χ1n) is 7.70. The Hall–Kier alpha value is -1.12. The number of rotatable bonds is 4. The molecule has 1 heterocycles. The average Bonchev–Trinajstić information content (AvgIpc) is 2.38. The minimum absolute atomic E-state index is 0.384. The molecule has 1 aromatic rings. The monoisotopic (exact) mass is 261 g/mol. The Morgan fingerprint density at radius 2 is 2.11 bits per heavy atom. The summed E-state index contributed by atoms with van der Waals surface area (Å²) in [5.41, 5.74) is 1.06. The Labute approximate surface area is 117 Å². The summed E-state index contributed by atoms with van der Waals surface area (Å²) in [5.74, 6) is 3.23. The quantitative estimate of drug-likeness (QED) is 0.878. The van der Waals surface area contributed by atoms with Gasteiger partial charge in [-0.2, -0.15) is 0 Å². The van der Waals surface area contributed by atoms with Crippen molar-refractivity contribution in [1.29, 1.82) is 0 Å². The number of nitrogens with one attached hydrogen (secondary N) is 1. The van der Waals surface area contributed by atoms with Crippen LogP contribution in [0.15, 0.2) is 6.07 Å². The molecule has 0 bridgehead atoms. The first-order valence-corrected chi connectivity index (χ1v) is 7.70. The molecule has 3 nitrogen and oxygen atoms in total. The first kappa shape index (κ1) is 14.3. The zero-order valence-corrected chi connectivity index (χ0v) is 12.7. The van der Waals surface area contributed by atoms with E-state index in [9.17, 15) is 0 Å². The van der Waals surface area contributed by atoms with Gasteiger partial charge in [-0.25, -0.2) is 9.97 Å². The third kappa shape index (κ3) is 3.92. The van der Waals surface area contributed by atoms with Gasteiger partial charge in [0, 0.05) is 23.7 Å². The highest BCUT2D eigenvalue weighted by Gasteiger charge is 2.21. The van der Waals surface area contributed by atoms with Crippen molar-refractivity contribution in [1.82, 2.24) is 9.97 Å². The Kier molecular flexibility index (Phi) is 4.78. The van der Waals surface area contributed by atoms with Gasteiger partial charge in [0.1, 0.15) is 11.6 Å². The van der Waals surface area contributed by atoms with E-state index in [0.717, 1.165) is 23.3 Å². The van der Waals surface area contributed by atoms with Gasteiger partial charge < -0.3 is 5.32 Å². The van der Waals surface area contributed by atoms with Crippen molar-refractivity contribution >= 4 is 5.82 Å². The van der Waals surface area contributed by atoms with Crippen molar-refractivity contribution in [2.75, 3.05) is 5.32 Å². The topological polar surface area (TPSA) is 37.8 Å². The van der Waals surface area contributed by atoms with E-state index in [2.05, 4.69) is 49.0 Å². The molecular formula is C16H27N3. The highest BCUT2D eigenvalue weighted by molar-refractivity contribution is 5.37. The third-order valence-corrected chi connectivity index (χ3v) is 4.10. The van der Waals surface area contributed by atoms with Crippen LogP contribution in [0.4, 0.5) is 5.82 Å². The van der Waals surface area contributed by atoms with Crippen LogP contribution in [0, 0.1) is 12.8 Å². The Morgan fingerprint density at radius 3 is 2.79 bits per heavy atom. The highest BCUT2D eigenvalue weighted by atomic mass is 15.1. The maximum Gasteiger partial charge on any atom is 0.133 e. The largest absolute Gasteiger partial charge is 0.367 e. The van der Waals surface area contributed by atoms with Crippen molar-refractivity contribution in [3.05, 3.63) is 17.6 Å². The molecule has 2 unspecified atom stereocenters. The molecule has 1 aromatic heterocycles. The summed E-state index contributed by atoms with van der Waals surface area (Å²) in [5, 5.41) is 3.63. The van der Waals surface area contributed by atoms with Crippen LogP contribution in [0.3, 0.4) is 0 Å². The number of nitrogens with zero attached hydrogens (tertiary/aromatic N) is 2. The van der Waals surface area contributed by atoms with E-state index in [-0.39, 0.29) is 0 Å². The fraction of sp³-hybridized carbons (Fsp3) is 0.750. The lowest BCUT2D eigenvalue weighted by Crippen LogP contribution is -2.27. The lowest BCUT2D eigenvalue weighted by atomic mass is 9.84. The molecule has 19 heavy (non-hydrogen) atoms. The van der Waals surface area contributed by atoms with Gasteiger partial charge in [-0.3, -0.25) is 0 Å². The fourth-order valence-corrected chi connectivity index (χ4v) is 2.93. The molecular weight excluding hydrogens is 234 g/mol. The molecule has 0 amide bonds. The standard InChI is InChI=1S/C16H27N3/c1-5-13-7-6-8-14(10-13)18-15-9-12(4)17-16(19-15)11(2)3/h9,11,13-14H,5-8,10H2,1-4H3,(H,17,18,19). The molecule has 1 N–H and O–H groups in total. The molecule has 106 valence electrons. The summed E-state index contributed by atoms with van der Waals surface area (Å²) in [6.45, 7) is 8.64. The second kappa shape index (κ2) is 6.36. The summed E-state index contributed by atoms with van der Waals surface area (Å²) >= 11 is 0. The van der Waals surface area contributed by atoms with Gasteiger partial charge in [0.25, 0.3) is 0 Å². The van der Waals surface area contributed by atoms with E-state index in [1.165, 1.54) is 32.1 Å². The number of aromatic nitrogens is 2. The van der Waals surface area contributed by atoms with Crippen molar-refractivity contribution in [2.45, 2.75) is 71.8 Å². The van der Waals surface area contributed by atoms with Crippen LogP contribution in [0.2, 0.25) is 0 Å². The Balaban J connectivity index is 2.06. The van der Waals surface area contributed by atoms with Crippen LogP contribution in [0.25, 0.3) is 0 Å². The SMILES string of the molecule is CCC1CCCC(Nc2cc(C)nc(C(C)C)n2)C1. The summed E-state index contributed by atoms with van der Waals surface area (Å²) in [6.07, 6.45) is 6.61. The fourth-order valence-electron chi connectivity index (χ4n) is 2.93. The summed E-state index contributed by atoms with van der Waals surface area (Å²) in [6, 6.07) is 2.66. The van der Waals surface area contributed by atoms with Crippen molar-refractivity contribution in [3.8, 4) is 0 Å². The van der Waals surface area contributed by atoms with Crippen LogP contribution in [-0.4, -0.2) is 16.0 Å². The van der Waals surface area contributed by atoms with Gasteiger partial charge >= 0.3 is 0 Å². The lowest BCUT2D eigenvalue weighted by molar-refractivity contribution is 0.327. The summed E-state index contributed by atoms with van der Waals surface area (Å²) in [4.78, 5) is 9.16. The molecule has 0 aliphatic heterocycles. The Bertz CT molecular complexity index is 414. The number of anilines is 1. The van der Waals surface area contributed by atoms with Crippen LogP contribution in [-0.2, 0) is 0 Å². The number of aryl methyl sites for hydroxylation is 1. The van der Waals surface area contributed by atoms with E-state index < -0.39 is 0 Å². The first-order chi connectivity index (χ1) is 9.08. The minimum atomic E-state index is 0.384. The molecule has 3 heteroatoms. The second-order valence-electron chi connectivity index (χ2n) is 6.19.